The number of amides is 1. The Bertz CT molecular complexity index is 1130. The van der Waals surface area contributed by atoms with Gasteiger partial charge < -0.3 is 19.6 Å². The van der Waals surface area contributed by atoms with Crippen molar-refractivity contribution in [1.29, 1.82) is 0 Å². The molecule has 1 fully saturated rings. The fraction of sp³-hybridized carbons (Fsp3) is 0.381. The molecule has 1 aliphatic heterocycles. The van der Waals surface area contributed by atoms with Crippen molar-refractivity contribution in [3.63, 3.8) is 0 Å². The Morgan fingerprint density at radius 2 is 2.03 bits per heavy atom. The van der Waals surface area contributed by atoms with Crippen LogP contribution < -0.4 is 5.32 Å². The SMILES string of the molecule is Cc1cnc2c(C(=O)NC3(c4ccc(C(F)(F)F)cn4)CCOCC3(C)O)ccn2c1. The van der Waals surface area contributed by atoms with Gasteiger partial charge in [0, 0.05) is 37.8 Å². The summed E-state index contributed by atoms with van der Waals surface area (Å²) >= 11 is 0. The predicted octanol–water partition coefficient (Wildman–Crippen LogP) is 2.85. The summed E-state index contributed by atoms with van der Waals surface area (Å²) in [6, 6.07) is 3.67. The van der Waals surface area contributed by atoms with Gasteiger partial charge in [-0.15, -0.1) is 0 Å². The summed E-state index contributed by atoms with van der Waals surface area (Å²) in [5.74, 6) is -0.525. The molecule has 0 saturated carbocycles. The van der Waals surface area contributed by atoms with E-state index in [2.05, 4.69) is 15.3 Å². The molecule has 7 nitrogen and oxygen atoms in total. The number of fused-ring (bicyclic) bond motifs is 1. The number of pyridine rings is 1. The lowest BCUT2D eigenvalue weighted by molar-refractivity contribution is -0.141. The normalized spacial score (nSPS) is 24.3. The first kappa shape index (κ1) is 21.3. The zero-order chi connectivity index (χ0) is 22.4. The number of rotatable bonds is 3. The number of alkyl halides is 3. The standard InChI is InChI=1S/C21H21F3N4O3/c1-13-9-26-17-15(5-7-28(17)11-13)18(29)27-20(6-8-31-12-19(20,2)30)16-4-3-14(10-25-16)21(22,23)24/h3-5,7,9-11,30H,6,8,12H2,1-2H3,(H,27,29). The molecule has 1 aliphatic rings. The molecule has 164 valence electrons. The van der Waals surface area contributed by atoms with Crippen molar-refractivity contribution in [3.8, 4) is 0 Å². The minimum atomic E-state index is -4.55. The van der Waals surface area contributed by atoms with Gasteiger partial charge in [-0.25, -0.2) is 4.98 Å². The minimum Gasteiger partial charge on any atom is -0.385 e. The Labute approximate surface area is 175 Å². The van der Waals surface area contributed by atoms with Gasteiger partial charge in [0.2, 0.25) is 0 Å². The largest absolute Gasteiger partial charge is 0.417 e. The highest BCUT2D eigenvalue weighted by Gasteiger charge is 2.53. The second-order valence-electron chi connectivity index (χ2n) is 7.96. The second-order valence-corrected chi connectivity index (χ2v) is 7.96. The van der Waals surface area contributed by atoms with E-state index in [0.717, 1.165) is 11.6 Å². The molecule has 4 heterocycles. The van der Waals surface area contributed by atoms with E-state index in [9.17, 15) is 23.1 Å². The molecule has 0 aliphatic carbocycles. The molecule has 0 spiro atoms. The first-order valence-corrected chi connectivity index (χ1v) is 9.63. The van der Waals surface area contributed by atoms with Crippen molar-refractivity contribution in [3.05, 3.63) is 65.4 Å². The van der Waals surface area contributed by atoms with Crippen molar-refractivity contribution >= 4 is 11.6 Å². The van der Waals surface area contributed by atoms with Crippen LogP contribution in [0.5, 0.6) is 0 Å². The number of nitrogens with zero attached hydrogens (tertiary/aromatic N) is 3. The van der Waals surface area contributed by atoms with Crippen molar-refractivity contribution in [2.24, 2.45) is 0 Å². The molecule has 0 bridgehead atoms. The van der Waals surface area contributed by atoms with E-state index in [4.69, 9.17) is 4.74 Å². The highest BCUT2D eigenvalue weighted by atomic mass is 19.4. The highest BCUT2D eigenvalue weighted by molar-refractivity contribution is 6.00. The fourth-order valence-corrected chi connectivity index (χ4v) is 3.90. The minimum absolute atomic E-state index is 0.120. The highest BCUT2D eigenvalue weighted by Crippen LogP contribution is 2.40. The van der Waals surface area contributed by atoms with Crippen molar-refractivity contribution < 1.29 is 27.8 Å². The number of halogens is 3. The number of aliphatic hydroxyl groups is 1. The number of ether oxygens (including phenoxy) is 1. The lowest BCUT2D eigenvalue weighted by Gasteiger charge is -2.48. The van der Waals surface area contributed by atoms with Gasteiger partial charge in [0.1, 0.15) is 16.8 Å². The maximum absolute atomic E-state index is 13.2. The number of aryl methyl sites for hydroxylation is 1. The fourth-order valence-electron chi connectivity index (χ4n) is 3.90. The van der Waals surface area contributed by atoms with Gasteiger partial charge >= 0.3 is 6.18 Å². The van der Waals surface area contributed by atoms with Gasteiger partial charge in [0.25, 0.3) is 5.91 Å². The van der Waals surface area contributed by atoms with E-state index in [0.29, 0.717) is 11.8 Å². The monoisotopic (exact) mass is 434 g/mol. The van der Waals surface area contributed by atoms with E-state index in [-0.39, 0.29) is 30.9 Å². The van der Waals surface area contributed by atoms with Gasteiger partial charge in [-0.05, 0) is 37.6 Å². The molecule has 31 heavy (non-hydrogen) atoms. The van der Waals surface area contributed by atoms with Crippen molar-refractivity contribution in [1.82, 2.24) is 19.7 Å². The topological polar surface area (TPSA) is 88.8 Å². The van der Waals surface area contributed by atoms with E-state index in [1.165, 1.54) is 13.0 Å². The van der Waals surface area contributed by atoms with E-state index in [1.807, 2.05) is 13.1 Å². The van der Waals surface area contributed by atoms with Crippen LogP contribution in [-0.2, 0) is 16.5 Å². The smallest absolute Gasteiger partial charge is 0.385 e. The zero-order valence-corrected chi connectivity index (χ0v) is 16.9. The molecule has 2 atom stereocenters. The Kier molecular flexibility index (Phi) is 5.01. The van der Waals surface area contributed by atoms with Gasteiger partial charge in [0.15, 0.2) is 0 Å². The molecule has 10 heteroatoms. The number of nitrogens with one attached hydrogen (secondary N) is 1. The molecule has 1 saturated heterocycles. The first-order valence-electron chi connectivity index (χ1n) is 9.63. The summed E-state index contributed by atoms with van der Waals surface area (Å²) < 4.78 is 46.1. The Hall–Kier alpha value is -2.98. The van der Waals surface area contributed by atoms with Crippen LogP contribution in [0.2, 0.25) is 0 Å². The molecule has 3 aromatic heterocycles. The molecule has 0 radical (unpaired) electrons. The van der Waals surface area contributed by atoms with Gasteiger partial charge in [-0.2, -0.15) is 13.2 Å². The van der Waals surface area contributed by atoms with Crippen LogP contribution in [0.3, 0.4) is 0 Å². The number of carbonyl (C=O) groups is 1. The molecular weight excluding hydrogens is 413 g/mol. The summed E-state index contributed by atoms with van der Waals surface area (Å²) in [5, 5.41) is 14.0. The third kappa shape index (κ3) is 3.66. The van der Waals surface area contributed by atoms with Crippen LogP contribution in [0.1, 0.15) is 40.5 Å². The van der Waals surface area contributed by atoms with Crippen LogP contribution in [0, 0.1) is 6.92 Å². The van der Waals surface area contributed by atoms with Crippen LogP contribution in [0.15, 0.2) is 43.0 Å². The number of hydrogen-bond acceptors (Lipinski definition) is 5. The van der Waals surface area contributed by atoms with E-state index < -0.39 is 28.8 Å². The summed E-state index contributed by atoms with van der Waals surface area (Å²) in [6.07, 6.45) is 1.42. The number of carbonyl (C=O) groups excluding carboxylic acids is 1. The van der Waals surface area contributed by atoms with Gasteiger partial charge in [-0.3, -0.25) is 9.78 Å². The average molecular weight is 434 g/mol. The van der Waals surface area contributed by atoms with Crippen molar-refractivity contribution in [2.75, 3.05) is 13.2 Å². The Balaban J connectivity index is 1.76. The average Bonchev–Trinajstić information content (AvgIpc) is 3.12. The van der Waals surface area contributed by atoms with E-state index in [1.54, 1.807) is 22.9 Å². The molecule has 3 aromatic rings. The van der Waals surface area contributed by atoms with Gasteiger partial charge in [0.05, 0.1) is 23.4 Å². The third-order valence-electron chi connectivity index (χ3n) is 5.64. The van der Waals surface area contributed by atoms with Crippen LogP contribution in [-0.4, -0.2) is 44.2 Å². The molecule has 2 unspecified atom stereocenters. The van der Waals surface area contributed by atoms with E-state index >= 15 is 0 Å². The first-order chi connectivity index (χ1) is 14.5. The van der Waals surface area contributed by atoms with Crippen LogP contribution in [0.4, 0.5) is 13.2 Å². The van der Waals surface area contributed by atoms with Crippen molar-refractivity contribution in [2.45, 2.75) is 37.6 Å². The zero-order valence-electron chi connectivity index (χ0n) is 16.9. The lowest BCUT2D eigenvalue weighted by atomic mass is 9.74. The summed E-state index contributed by atoms with van der Waals surface area (Å²) in [4.78, 5) is 21.5. The Morgan fingerprint density at radius 3 is 2.68 bits per heavy atom. The predicted molar refractivity (Wildman–Crippen MR) is 104 cm³/mol. The quantitative estimate of drug-likeness (QED) is 0.662. The maximum Gasteiger partial charge on any atom is 0.417 e. The summed E-state index contributed by atoms with van der Waals surface area (Å²) in [7, 11) is 0. The maximum atomic E-state index is 13.2. The Morgan fingerprint density at radius 1 is 1.26 bits per heavy atom. The molecule has 1 amide bonds. The van der Waals surface area contributed by atoms with Crippen LogP contribution in [0.25, 0.3) is 5.65 Å². The molecule has 2 N–H and O–H groups in total. The second kappa shape index (κ2) is 7.31. The van der Waals surface area contributed by atoms with Gasteiger partial charge in [-0.1, -0.05) is 0 Å². The molecule has 4 rings (SSSR count). The third-order valence-corrected chi connectivity index (χ3v) is 5.64. The number of hydrogen-bond donors (Lipinski definition) is 2. The molecule has 0 aromatic carbocycles. The number of aromatic nitrogens is 3. The van der Waals surface area contributed by atoms with Crippen LogP contribution >= 0.6 is 0 Å². The lowest BCUT2D eigenvalue weighted by Crippen LogP contribution is -2.65. The summed E-state index contributed by atoms with van der Waals surface area (Å²) in [5.41, 5.74) is -2.26. The summed E-state index contributed by atoms with van der Waals surface area (Å²) in [6.45, 7) is 3.40. The molecular formula is C21H21F3N4O3.